The third-order valence-electron chi connectivity index (χ3n) is 6.12. The van der Waals surface area contributed by atoms with Gasteiger partial charge in [0.05, 0.1) is 60.9 Å². The number of hydrogen-bond donors (Lipinski definition) is 0. The van der Waals surface area contributed by atoms with E-state index in [4.69, 9.17) is 14.5 Å². The molecule has 2 fully saturated rings. The molecule has 156 valence electrons. The van der Waals surface area contributed by atoms with Gasteiger partial charge in [0.25, 0.3) is 0 Å². The van der Waals surface area contributed by atoms with Crippen molar-refractivity contribution in [1.82, 2.24) is 19.7 Å². The Morgan fingerprint density at radius 1 is 1.20 bits per heavy atom. The second-order valence-corrected chi connectivity index (χ2v) is 7.98. The summed E-state index contributed by atoms with van der Waals surface area (Å²) in [6.45, 7) is 5.29. The third kappa shape index (κ3) is 3.41. The van der Waals surface area contributed by atoms with Crippen molar-refractivity contribution in [2.75, 3.05) is 38.3 Å². The quantitative estimate of drug-likeness (QED) is 0.615. The fourth-order valence-corrected chi connectivity index (χ4v) is 4.23. The molecule has 0 spiro atoms. The highest BCUT2D eigenvalue weighted by atomic mass is 16.5. The zero-order valence-corrected chi connectivity index (χ0v) is 17.2. The number of fused-ring (bicyclic) bond motifs is 1. The summed E-state index contributed by atoms with van der Waals surface area (Å²) in [7, 11) is 1.44. The molecule has 1 aromatic carbocycles. The molecule has 2 aliphatic rings. The van der Waals surface area contributed by atoms with Gasteiger partial charge in [0.2, 0.25) is 0 Å². The lowest BCUT2D eigenvalue weighted by atomic mass is 9.80. The van der Waals surface area contributed by atoms with Crippen molar-refractivity contribution in [2.24, 2.45) is 5.92 Å². The molecule has 0 amide bonds. The number of carbonyl (C=O) groups excluding carboxylic acids is 1. The van der Waals surface area contributed by atoms with E-state index in [0.717, 1.165) is 72.8 Å². The van der Waals surface area contributed by atoms with E-state index in [1.54, 1.807) is 0 Å². The van der Waals surface area contributed by atoms with Gasteiger partial charge in [0, 0.05) is 30.5 Å². The van der Waals surface area contributed by atoms with Gasteiger partial charge in [-0.1, -0.05) is 0 Å². The number of ether oxygens (including phenoxy) is 2. The molecule has 0 atom stereocenters. The number of nitrogens with zero attached hydrogens (tertiary/aromatic N) is 5. The third-order valence-corrected chi connectivity index (χ3v) is 6.12. The van der Waals surface area contributed by atoms with E-state index < -0.39 is 0 Å². The molecular formula is C22H25N5O3. The van der Waals surface area contributed by atoms with E-state index in [2.05, 4.69) is 27.1 Å². The summed E-state index contributed by atoms with van der Waals surface area (Å²) in [5.74, 6) is -0.152. The first-order valence-electron chi connectivity index (χ1n) is 10.4. The van der Waals surface area contributed by atoms with Crippen LogP contribution in [0.5, 0.6) is 0 Å². The Morgan fingerprint density at radius 2 is 2.00 bits per heavy atom. The number of esters is 1. The van der Waals surface area contributed by atoms with Crippen LogP contribution in [-0.2, 0) is 14.3 Å². The highest BCUT2D eigenvalue weighted by molar-refractivity contribution is 5.81. The van der Waals surface area contributed by atoms with Gasteiger partial charge in [-0.2, -0.15) is 5.10 Å². The van der Waals surface area contributed by atoms with E-state index in [-0.39, 0.29) is 17.9 Å². The summed E-state index contributed by atoms with van der Waals surface area (Å²) in [5, 5.41) is 4.66. The second kappa shape index (κ2) is 7.68. The van der Waals surface area contributed by atoms with Gasteiger partial charge in [-0.05, 0) is 38.0 Å². The normalized spacial score (nSPS) is 21.5. The number of methoxy groups -OCH3 is 1. The van der Waals surface area contributed by atoms with Gasteiger partial charge < -0.3 is 14.4 Å². The molecule has 0 bridgehead atoms. The number of carbonyl (C=O) groups is 1. The first-order chi connectivity index (χ1) is 14.6. The van der Waals surface area contributed by atoms with E-state index >= 15 is 0 Å². The van der Waals surface area contributed by atoms with Gasteiger partial charge in [0.15, 0.2) is 0 Å². The van der Waals surface area contributed by atoms with Gasteiger partial charge in [0.1, 0.15) is 0 Å². The number of hydrogen-bond acceptors (Lipinski definition) is 7. The molecule has 3 heterocycles. The SMILES string of the molecule is COC(=O)C1CC(n2cc(-c3cnc4cc(N5CCOCC5)ccc4n3)c(C)n2)C1. The molecule has 0 N–H and O–H groups in total. The molecule has 0 unspecified atom stereocenters. The summed E-state index contributed by atoms with van der Waals surface area (Å²) >= 11 is 0. The number of anilines is 1. The van der Waals surface area contributed by atoms with Crippen molar-refractivity contribution in [1.29, 1.82) is 0 Å². The molecular weight excluding hydrogens is 382 g/mol. The highest BCUT2D eigenvalue weighted by Gasteiger charge is 2.37. The molecule has 1 aliphatic heterocycles. The van der Waals surface area contributed by atoms with Crippen LogP contribution in [0.25, 0.3) is 22.3 Å². The fourth-order valence-electron chi connectivity index (χ4n) is 4.23. The summed E-state index contributed by atoms with van der Waals surface area (Å²) < 4.78 is 12.2. The average Bonchev–Trinajstić information content (AvgIpc) is 3.13. The minimum Gasteiger partial charge on any atom is -0.469 e. The topological polar surface area (TPSA) is 82.4 Å². The van der Waals surface area contributed by atoms with Crippen molar-refractivity contribution in [3.05, 3.63) is 36.3 Å². The Balaban J connectivity index is 1.37. The summed E-state index contributed by atoms with van der Waals surface area (Å²) in [5.41, 5.74) is 5.60. The van der Waals surface area contributed by atoms with Crippen LogP contribution in [0.2, 0.25) is 0 Å². The standard InChI is InChI=1S/C22H25N5O3/c1-14-18(13-27(25-14)17-9-15(10-17)22(28)29-2)21-12-23-20-11-16(3-4-19(20)24-21)26-5-7-30-8-6-26/h3-4,11-13,15,17H,5-10H2,1-2H3. The van der Waals surface area contributed by atoms with Gasteiger partial charge in [-0.3, -0.25) is 14.5 Å². The van der Waals surface area contributed by atoms with Crippen molar-refractivity contribution in [2.45, 2.75) is 25.8 Å². The van der Waals surface area contributed by atoms with E-state index in [1.807, 2.05) is 30.1 Å². The Morgan fingerprint density at radius 3 is 2.77 bits per heavy atom. The molecule has 1 saturated heterocycles. The largest absolute Gasteiger partial charge is 0.469 e. The maximum absolute atomic E-state index is 11.6. The van der Waals surface area contributed by atoms with Crippen LogP contribution in [0.3, 0.4) is 0 Å². The van der Waals surface area contributed by atoms with Crippen LogP contribution in [-0.4, -0.2) is 59.1 Å². The van der Waals surface area contributed by atoms with Crippen molar-refractivity contribution < 1.29 is 14.3 Å². The minimum absolute atomic E-state index is 0.0194. The smallest absolute Gasteiger partial charge is 0.308 e. The molecule has 8 heteroatoms. The molecule has 2 aromatic heterocycles. The fraction of sp³-hybridized carbons (Fsp3) is 0.455. The Bertz CT molecular complexity index is 1080. The number of aryl methyl sites for hydroxylation is 1. The van der Waals surface area contributed by atoms with E-state index in [1.165, 1.54) is 7.11 Å². The lowest BCUT2D eigenvalue weighted by Crippen LogP contribution is -2.36. The first kappa shape index (κ1) is 19.0. The molecule has 1 aliphatic carbocycles. The van der Waals surface area contributed by atoms with Crippen LogP contribution in [0.1, 0.15) is 24.6 Å². The molecule has 5 rings (SSSR count). The molecule has 30 heavy (non-hydrogen) atoms. The Labute approximate surface area is 174 Å². The Hall–Kier alpha value is -3.00. The summed E-state index contributed by atoms with van der Waals surface area (Å²) in [6.07, 6.45) is 5.37. The lowest BCUT2D eigenvalue weighted by Gasteiger charge is -2.33. The van der Waals surface area contributed by atoms with Gasteiger partial charge >= 0.3 is 5.97 Å². The molecule has 1 saturated carbocycles. The van der Waals surface area contributed by atoms with Crippen molar-refractivity contribution in [3.63, 3.8) is 0 Å². The number of rotatable bonds is 4. The van der Waals surface area contributed by atoms with E-state index in [0.29, 0.717) is 0 Å². The van der Waals surface area contributed by atoms with Gasteiger partial charge in [-0.25, -0.2) is 4.98 Å². The van der Waals surface area contributed by atoms with Crippen LogP contribution < -0.4 is 4.90 Å². The predicted octanol–water partition coefficient (Wildman–Crippen LogP) is 2.76. The zero-order valence-electron chi connectivity index (χ0n) is 17.2. The molecule has 3 aromatic rings. The van der Waals surface area contributed by atoms with Gasteiger partial charge in [-0.15, -0.1) is 0 Å². The maximum Gasteiger partial charge on any atom is 0.308 e. The van der Waals surface area contributed by atoms with Crippen LogP contribution in [0, 0.1) is 12.8 Å². The van der Waals surface area contributed by atoms with Crippen LogP contribution in [0.4, 0.5) is 5.69 Å². The van der Waals surface area contributed by atoms with Crippen molar-refractivity contribution >= 4 is 22.7 Å². The lowest BCUT2D eigenvalue weighted by molar-refractivity contribution is -0.149. The van der Waals surface area contributed by atoms with Crippen molar-refractivity contribution in [3.8, 4) is 11.3 Å². The average molecular weight is 407 g/mol. The molecule has 8 nitrogen and oxygen atoms in total. The summed E-state index contributed by atoms with van der Waals surface area (Å²) in [6, 6.07) is 6.45. The van der Waals surface area contributed by atoms with Crippen LogP contribution in [0.15, 0.2) is 30.6 Å². The number of aromatic nitrogens is 4. The second-order valence-electron chi connectivity index (χ2n) is 7.98. The zero-order chi connectivity index (χ0) is 20.7. The monoisotopic (exact) mass is 407 g/mol. The number of morpholine rings is 1. The van der Waals surface area contributed by atoms with Crippen LogP contribution >= 0.6 is 0 Å². The predicted molar refractivity (Wildman–Crippen MR) is 112 cm³/mol. The number of benzene rings is 1. The highest BCUT2D eigenvalue weighted by Crippen LogP contribution is 2.39. The Kier molecular flexibility index (Phi) is 4.86. The maximum atomic E-state index is 11.6. The molecule has 0 radical (unpaired) electrons. The van der Waals surface area contributed by atoms with E-state index in [9.17, 15) is 4.79 Å². The minimum atomic E-state index is -0.132. The summed E-state index contributed by atoms with van der Waals surface area (Å²) in [4.78, 5) is 23.4. The first-order valence-corrected chi connectivity index (χ1v) is 10.4.